The fourth-order valence-corrected chi connectivity index (χ4v) is 5.94. The van der Waals surface area contributed by atoms with E-state index < -0.39 is 0 Å². The summed E-state index contributed by atoms with van der Waals surface area (Å²) in [5.41, 5.74) is 1.09. The Morgan fingerprint density at radius 3 is 2.33 bits per heavy atom. The molecule has 3 rings (SSSR count). The second kappa shape index (κ2) is 5.45. The molecule has 2 aliphatic heterocycles. The van der Waals surface area contributed by atoms with Gasteiger partial charge in [-0.1, -0.05) is 39.5 Å². The van der Waals surface area contributed by atoms with E-state index >= 15 is 0 Å². The molecule has 0 aromatic heterocycles. The maximum absolute atomic E-state index is 5.51. The van der Waals surface area contributed by atoms with Crippen molar-refractivity contribution in [2.24, 2.45) is 15.8 Å². The molecule has 0 atom stereocenters. The minimum absolute atomic E-state index is 0.265. The third-order valence-corrected chi connectivity index (χ3v) is 6.32. The second-order valence-corrected chi connectivity index (χ2v) is 9.77. The van der Waals surface area contributed by atoms with Gasteiger partial charge >= 0.3 is 0 Å². The lowest BCUT2D eigenvalue weighted by molar-refractivity contribution is 0.0554. The largest absolute Gasteiger partial charge is 0.381 e. The van der Waals surface area contributed by atoms with Crippen LogP contribution in [0.4, 0.5) is 0 Å². The summed E-state index contributed by atoms with van der Waals surface area (Å²) in [4.78, 5) is 5.10. The molecule has 3 nitrogen and oxygen atoms in total. The van der Waals surface area contributed by atoms with Gasteiger partial charge < -0.3 is 10.1 Å². The van der Waals surface area contributed by atoms with Crippen LogP contribution in [0.25, 0.3) is 0 Å². The van der Waals surface area contributed by atoms with Gasteiger partial charge in [-0.05, 0) is 42.9 Å². The molecule has 1 saturated carbocycles. The van der Waals surface area contributed by atoms with Crippen LogP contribution in [0, 0.1) is 10.8 Å². The molecular weight excluding hydrogens is 280 g/mol. The first-order valence-corrected chi connectivity index (χ1v) is 9.33. The maximum atomic E-state index is 5.51. The second-order valence-electron chi connectivity index (χ2n) is 8.81. The molecule has 120 valence electrons. The molecule has 2 heterocycles. The number of ether oxygens (including phenoxy) is 1. The molecular formula is C17H30N2OS. The normalized spacial score (nSPS) is 33.2. The highest BCUT2D eigenvalue weighted by atomic mass is 32.2. The number of hydrogen-bond acceptors (Lipinski definition) is 3. The van der Waals surface area contributed by atoms with Crippen molar-refractivity contribution in [1.29, 1.82) is 0 Å². The minimum Gasteiger partial charge on any atom is -0.381 e. The molecule has 0 aromatic carbocycles. The monoisotopic (exact) mass is 310 g/mol. The number of amidine groups is 1. The van der Waals surface area contributed by atoms with Gasteiger partial charge in [0.15, 0.2) is 5.17 Å². The first-order valence-electron chi connectivity index (χ1n) is 8.34. The van der Waals surface area contributed by atoms with Crippen LogP contribution in [0.2, 0.25) is 0 Å². The Morgan fingerprint density at radius 2 is 1.71 bits per heavy atom. The third kappa shape index (κ3) is 3.76. The molecule has 2 saturated heterocycles. The first kappa shape index (κ1) is 15.7. The van der Waals surface area contributed by atoms with Crippen LogP contribution < -0.4 is 5.32 Å². The van der Waals surface area contributed by atoms with Gasteiger partial charge in [0.05, 0.1) is 11.6 Å². The van der Waals surface area contributed by atoms with E-state index in [1.807, 2.05) is 11.8 Å². The number of aliphatic imine (C=N–C) groups is 1. The fourth-order valence-electron chi connectivity index (χ4n) is 4.65. The minimum atomic E-state index is 0.265. The van der Waals surface area contributed by atoms with E-state index in [1.54, 1.807) is 0 Å². The van der Waals surface area contributed by atoms with Crippen LogP contribution >= 0.6 is 11.8 Å². The Balaban J connectivity index is 1.68. The van der Waals surface area contributed by atoms with Crippen LogP contribution in [0.3, 0.4) is 0 Å². The summed E-state index contributed by atoms with van der Waals surface area (Å²) in [5.74, 6) is 1.16. The summed E-state index contributed by atoms with van der Waals surface area (Å²) >= 11 is 1.93. The molecule has 3 aliphatic rings. The van der Waals surface area contributed by atoms with Gasteiger partial charge in [-0.2, -0.15) is 0 Å². The highest BCUT2D eigenvalue weighted by molar-refractivity contribution is 8.14. The predicted octanol–water partition coefficient (Wildman–Crippen LogP) is 3.83. The Kier molecular flexibility index (Phi) is 4.07. The Morgan fingerprint density at radius 1 is 1.10 bits per heavy atom. The van der Waals surface area contributed by atoms with E-state index in [0.717, 1.165) is 31.8 Å². The molecule has 21 heavy (non-hydrogen) atoms. The molecule has 1 N–H and O–H groups in total. The summed E-state index contributed by atoms with van der Waals surface area (Å²) in [5, 5.41) is 4.93. The Bertz CT molecular complexity index is 409. The van der Waals surface area contributed by atoms with E-state index in [9.17, 15) is 0 Å². The quantitative estimate of drug-likeness (QED) is 0.799. The molecule has 0 radical (unpaired) electrons. The van der Waals surface area contributed by atoms with Crippen molar-refractivity contribution in [3.8, 4) is 0 Å². The van der Waals surface area contributed by atoms with Gasteiger partial charge in [0, 0.05) is 19.0 Å². The number of rotatable bonds is 1. The summed E-state index contributed by atoms with van der Waals surface area (Å²) < 4.78 is 5.51. The van der Waals surface area contributed by atoms with Gasteiger partial charge in [-0.3, -0.25) is 4.99 Å². The standard InChI is InChI=1S/C17H30N2OS/c1-15(2)9-13(10-16(3,4)11-15)18-14-19-17(12-21-14)5-7-20-8-6-17/h13H,5-12H2,1-4H3,(H,18,19). The highest BCUT2D eigenvalue weighted by Gasteiger charge is 2.41. The SMILES string of the molecule is CC1(C)CC(N=C2NC3(CCOCC3)CS2)CC(C)(C)C1. The zero-order valence-electron chi connectivity index (χ0n) is 14.0. The lowest BCUT2D eigenvalue weighted by Gasteiger charge is -2.43. The molecule has 0 bridgehead atoms. The average Bonchev–Trinajstić information content (AvgIpc) is 2.68. The molecule has 1 aliphatic carbocycles. The Hall–Kier alpha value is -0.220. The van der Waals surface area contributed by atoms with Crippen LogP contribution in [0.15, 0.2) is 4.99 Å². The van der Waals surface area contributed by atoms with E-state index in [0.29, 0.717) is 16.9 Å². The van der Waals surface area contributed by atoms with Crippen molar-refractivity contribution in [1.82, 2.24) is 5.32 Å². The van der Waals surface area contributed by atoms with Crippen molar-refractivity contribution < 1.29 is 4.74 Å². The molecule has 1 spiro atoms. The summed E-state index contributed by atoms with van der Waals surface area (Å²) in [6.45, 7) is 11.4. The van der Waals surface area contributed by atoms with E-state index in [-0.39, 0.29) is 5.54 Å². The van der Waals surface area contributed by atoms with E-state index in [1.165, 1.54) is 24.4 Å². The topological polar surface area (TPSA) is 33.6 Å². The molecule has 3 fully saturated rings. The summed E-state index contributed by atoms with van der Waals surface area (Å²) in [6.07, 6.45) is 6.00. The van der Waals surface area contributed by atoms with Crippen LogP contribution in [-0.4, -0.2) is 35.7 Å². The molecule has 4 heteroatoms. The number of nitrogens with zero attached hydrogens (tertiary/aromatic N) is 1. The maximum Gasteiger partial charge on any atom is 0.157 e. The number of nitrogens with one attached hydrogen (secondary N) is 1. The van der Waals surface area contributed by atoms with Gasteiger partial charge in [-0.25, -0.2) is 0 Å². The van der Waals surface area contributed by atoms with Crippen LogP contribution in [-0.2, 0) is 4.74 Å². The number of thioether (sulfide) groups is 1. The smallest absolute Gasteiger partial charge is 0.157 e. The van der Waals surface area contributed by atoms with E-state index in [4.69, 9.17) is 9.73 Å². The first-order chi connectivity index (χ1) is 9.78. The van der Waals surface area contributed by atoms with Gasteiger partial charge in [0.25, 0.3) is 0 Å². The zero-order chi connectivity index (χ0) is 15.1. The van der Waals surface area contributed by atoms with Crippen molar-refractivity contribution >= 4 is 16.9 Å². The lowest BCUT2D eigenvalue weighted by Crippen LogP contribution is -2.48. The lowest BCUT2D eigenvalue weighted by atomic mass is 9.64. The highest BCUT2D eigenvalue weighted by Crippen LogP contribution is 2.47. The van der Waals surface area contributed by atoms with E-state index in [2.05, 4.69) is 33.0 Å². The van der Waals surface area contributed by atoms with Crippen molar-refractivity contribution in [3.63, 3.8) is 0 Å². The summed E-state index contributed by atoms with van der Waals surface area (Å²) in [6, 6.07) is 0.480. The predicted molar refractivity (Wildman–Crippen MR) is 91.0 cm³/mol. The molecule has 0 amide bonds. The third-order valence-electron chi connectivity index (χ3n) is 5.14. The molecule has 0 unspecified atom stereocenters. The Labute approximate surface area is 133 Å². The molecule has 0 aromatic rings. The van der Waals surface area contributed by atoms with Crippen molar-refractivity contribution in [2.75, 3.05) is 19.0 Å². The van der Waals surface area contributed by atoms with Crippen LogP contribution in [0.1, 0.15) is 59.8 Å². The fraction of sp³-hybridized carbons (Fsp3) is 0.941. The zero-order valence-corrected chi connectivity index (χ0v) is 14.8. The van der Waals surface area contributed by atoms with Crippen molar-refractivity contribution in [2.45, 2.75) is 71.4 Å². The summed E-state index contributed by atoms with van der Waals surface area (Å²) in [7, 11) is 0. The number of hydrogen-bond donors (Lipinski definition) is 1. The van der Waals surface area contributed by atoms with Gasteiger partial charge in [0.1, 0.15) is 0 Å². The average molecular weight is 311 g/mol. The van der Waals surface area contributed by atoms with Crippen LogP contribution in [0.5, 0.6) is 0 Å². The van der Waals surface area contributed by atoms with Crippen molar-refractivity contribution in [3.05, 3.63) is 0 Å². The van der Waals surface area contributed by atoms with Gasteiger partial charge in [0.2, 0.25) is 0 Å². The van der Waals surface area contributed by atoms with Gasteiger partial charge in [-0.15, -0.1) is 0 Å².